The van der Waals surface area contributed by atoms with Gasteiger partial charge in [0.25, 0.3) is 0 Å². The molecule has 0 radical (unpaired) electrons. The molecule has 2 N–H and O–H groups in total. The number of urea groups is 1. The molecule has 1 fully saturated rings. The summed E-state index contributed by atoms with van der Waals surface area (Å²) in [4.78, 5) is 42.7. The number of pyridine rings is 1. The molecule has 0 unspecified atom stereocenters. The van der Waals surface area contributed by atoms with E-state index in [9.17, 15) is 27.6 Å². The van der Waals surface area contributed by atoms with Crippen LogP contribution >= 0.6 is 0 Å². The Kier molecular flexibility index (Phi) is 8.12. The fourth-order valence-electron chi connectivity index (χ4n) is 3.44. The monoisotopic (exact) mass is 495 g/mol. The maximum atomic E-state index is 13.3. The highest BCUT2D eigenvalue weighted by Crippen LogP contribution is 2.42. The Morgan fingerprint density at radius 2 is 1.97 bits per heavy atom. The van der Waals surface area contributed by atoms with E-state index in [4.69, 9.17) is 4.74 Å². The molecule has 0 spiro atoms. The maximum absolute atomic E-state index is 13.3. The zero-order valence-electron chi connectivity index (χ0n) is 19.0. The van der Waals surface area contributed by atoms with Gasteiger partial charge in [-0.1, -0.05) is 26.0 Å². The minimum absolute atomic E-state index is 0.0349. The molecular formula is C22H24F3N5O5. The van der Waals surface area contributed by atoms with E-state index in [1.54, 1.807) is 0 Å². The van der Waals surface area contributed by atoms with Gasteiger partial charge in [-0.3, -0.25) is 20.3 Å². The summed E-state index contributed by atoms with van der Waals surface area (Å²) < 4.78 is 49.2. The van der Waals surface area contributed by atoms with Crippen molar-refractivity contribution in [2.24, 2.45) is 0 Å². The van der Waals surface area contributed by atoms with Crippen molar-refractivity contribution in [1.82, 2.24) is 15.2 Å². The lowest BCUT2D eigenvalue weighted by atomic mass is 10.0. The lowest BCUT2D eigenvalue weighted by Crippen LogP contribution is -2.29. The number of likely N-dealkylation sites (N-methyl/N-ethyl adjacent to an activating group) is 1. The number of amides is 4. The molecule has 1 aromatic heterocycles. The van der Waals surface area contributed by atoms with Crippen LogP contribution in [0.25, 0.3) is 11.1 Å². The third-order valence-corrected chi connectivity index (χ3v) is 5.13. The van der Waals surface area contributed by atoms with E-state index < -0.39 is 36.7 Å². The largest absolute Gasteiger partial charge is 0.573 e. The van der Waals surface area contributed by atoms with E-state index in [0.29, 0.717) is 6.54 Å². The van der Waals surface area contributed by atoms with Crippen molar-refractivity contribution in [3.63, 3.8) is 0 Å². The number of rotatable bonds is 9. The van der Waals surface area contributed by atoms with Crippen LogP contribution in [0.4, 0.5) is 34.3 Å². The molecule has 1 aliphatic heterocycles. The summed E-state index contributed by atoms with van der Waals surface area (Å²) in [7, 11) is 0. The number of nitrogens with one attached hydrogen (secondary N) is 2. The Morgan fingerprint density at radius 3 is 2.60 bits per heavy atom. The molecule has 0 saturated carbocycles. The summed E-state index contributed by atoms with van der Waals surface area (Å²) >= 11 is 0. The molecule has 0 atom stereocenters. The number of anilines is 2. The van der Waals surface area contributed by atoms with Gasteiger partial charge in [-0.05, 0) is 36.9 Å². The second-order valence-corrected chi connectivity index (χ2v) is 7.36. The average Bonchev–Trinajstić information content (AvgIpc) is 3.13. The highest BCUT2D eigenvalue weighted by atomic mass is 19.4. The quantitative estimate of drug-likeness (QED) is 0.511. The highest BCUT2D eigenvalue weighted by Gasteiger charge is 2.37. The number of para-hydroxylation sites is 1. The van der Waals surface area contributed by atoms with Gasteiger partial charge in [-0.2, -0.15) is 0 Å². The molecule has 1 aromatic carbocycles. The fraction of sp³-hybridized carbons (Fsp3) is 0.364. The van der Waals surface area contributed by atoms with Crippen molar-refractivity contribution in [1.29, 1.82) is 0 Å². The Bertz CT molecular complexity index is 1090. The van der Waals surface area contributed by atoms with Gasteiger partial charge < -0.3 is 14.4 Å². The van der Waals surface area contributed by atoms with E-state index in [1.807, 2.05) is 19.2 Å². The Labute approximate surface area is 199 Å². The van der Waals surface area contributed by atoms with Crippen molar-refractivity contribution in [2.45, 2.75) is 20.2 Å². The van der Waals surface area contributed by atoms with Crippen LogP contribution in [0.5, 0.6) is 5.75 Å². The summed E-state index contributed by atoms with van der Waals surface area (Å²) in [5, 5.41) is 4.45. The molecule has 1 aliphatic rings. The topological polar surface area (TPSA) is 113 Å². The summed E-state index contributed by atoms with van der Waals surface area (Å²) in [6, 6.07) is 5.87. The maximum Gasteiger partial charge on any atom is 0.573 e. The first-order chi connectivity index (χ1) is 16.6. The summed E-state index contributed by atoms with van der Waals surface area (Å²) in [6.07, 6.45) is -4.56. The van der Waals surface area contributed by atoms with Crippen molar-refractivity contribution in [3.8, 4) is 16.9 Å². The zero-order valence-corrected chi connectivity index (χ0v) is 19.0. The summed E-state index contributed by atoms with van der Waals surface area (Å²) in [5.41, 5.74) is -0.0666. The molecule has 2 heterocycles. The molecule has 10 nitrogen and oxygen atoms in total. The average molecular weight is 495 g/mol. The second kappa shape index (κ2) is 11.0. The summed E-state index contributed by atoms with van der Waals surface area (Å²) in [5.74, 6) is -1.30. The lowest BCUT2D eigenvalue weighted by Gasteiger charge is -2.22. The van der Waals surface area contributed by atoms with E-state index >= 15 is 0 Å². The number of nitrogens with zero attached hydrogens (tertiary/aromatic N) is 3. The third kappa shape index (κ3) is 6.82. The minimum Gasteiger partial charge on any atom is -0.448 e. The number of carbonyl (C=O) groups is 3. The van der Waals surface area contributed by atoms with Crippen LogP contribution in [-0.4, -0.2) is 67.1 Å². The van der Waals surface area contributed by atoms with Gasteiger partial charge >= 0.3 is 18.5 Å². The molecule has 0 bridgehead atoms. The van der Waals surface area contributed by atoms with Crippen LogP contribution in [0.3, 0.4) is 0 Å². The molecule has 35 heavy (non-hydrogen) atoms. The number of alkyl halides is 3. The predicted molar refractivity (Wildman–Crippen MR) is 120 cm³/mol. The number of aromatic nitrogens is 1. The van der Waals surface area contributed by atoms with Crippen LogP contribution in [0.2, 0.25) is 0 Å². The predicted octanol–water partition coefficient (Wildman–Crippen LogP) is 3.59. The van der Waals surface area contributed by atoms with Gasteiger partial charge in [0.05, 0.1) is 5.69 Å². The normalized spacial score (nSPS) is 13.7. The Hall–Kier alpha value is -3.87. The Morgan fingerprint density at radius 1 is 1.23 bits per heavy atom. The number of halogens is 3. The first kappa shape index (κ1) is 25.7. The molecule has 3 rings (SSSR count). The second-order valence-electron chi connectivity index (χ2n) is 7.36. The number of carbonyl (C=O) groups excluding carboxylic acids is 3. The van der Waals surface area contributed by atoms with Gasteiger partial charge in [-0.25, -0.2) is 14.6 Å². The van der Waals surface area contributed by atoms with Gasteiger partial charge in [0.1, 0.15) is 19.0 Å². The van der Waals surface area contributed by atoms with Gasteiger partial charge in [0, 0.05) is 18.3 Å². The van der Waals surface area contributed by atoms with E-state index in [1.165, 1.54) is 36.5 Å². The highest BCUT2D eigenvalue weighted by molar-refractivity contribution is 6.13. The fourth-order valence-corrected chi connectivity index (χ4v) is 3.44. The summed E-state index contributed by atoms with van der Waals surface area (Å²) in [6.45, 7) is 5.82. The number of imide groups is 1. The van der Waals surface area contributed by atoms with Crippen LogP contribution in [-0.2, 0) is 9.53 Å². The minimum atomic E-state index is -5.08. The van der Waals surface area contributed by atoms with Crippen molar-refractivity contribution >= 4 is 29.5 Å². The van der Waals surface area contributed by atoms with Crippen LogP contribution in [0.1, 0.15) is 13.8 Å². The van der Waals surface area contributed by atoms with Gasteiger partial charge in [-0.15, -0.1) is 13.2 Å². The molecule has 2 aromatic rings. The molecule has 0 aliphatic carbocycles. The third-order valence-electron chi connectivity index (χ3n) is 5.13. The number of hydrogen-bond donors (Lipinski definition) is 2. The van der Waals surface area contributed by atoms with Crippen molar-refractivity contribution in [3.05, 3.63) is 36.5 Å². The molecule has 13 heteroatoms. The SMILES string of the molecule is CCN(CC)CCOC(=O)Nc1cc(-c2cccc(N3CC(=O)NC3=O)c2OC(F)(F)F)ccn1. The first-order valence-corrected chi connectivity index (χ1v) is 10.7. The van der Waals surface area contributed by atoms with Crippen molar-refractivity contribution in [2.75, 3.05) is 43.0 Å². The molecular weight excluding hydrogens is 471 g/mol. The van der Waals surface area contributed by atoms with Gasteiger partial charge in [0.15, 0.2) is 5.75 Å². The van der Waals surface area contributed by atoms with E-state index in [-0.39, 0.29) is 29.2 Å². The van der Waals surface area contributed by atoms with E-state index in [2.05, 4.69) is 19.9 Å². The Balaban J connectivity index is 1.86. The van der Waals surface area contributed by atoms with Crippen LogP contribution in [0, 0.1) is 0 Å². The van der Waals surface area contributed by atoms with Gasteiger partial charge in [0.2, 0.25) is 5.91 Å². The smallest absolute Gasteiger partial charge is 0.448 e. The lowest BCUT2D eigenvalue weighted by molar-refractivity contribution is -0.274. The standard InChI is InChI=1S/C22H24F3N5O5/c1-3-29(4-2)10-11-34-21(33)27-17-12-14(8-9-26-17)15-6-5-7-16(19(15)35-22(23,24)25)30-13-18(31)28-20(30)32/h5-9,12H,3-4,10-11,13H2,1-2H3,(H,26,27,33)(H,28,31,32). The van der Waals surface area contributed by atoms with Crippen LogP contribution < -0.4 is 20.3 Å². The van der Waals surface area contributed by atoms with E-state index in [0.717, 1.165) is 18.0 Å². The number of ether oxygens (including phenoxy) is 2. The number of hydrogen-bond acceptors (Lipinski definition) is 7. The first-order valence-electron chi connectivity index (χ1n) is 10.7. The molecule has 1 saturated heterocycles. The van der Waals surface area contributed by atoms with Crippen molar-refractivity contribution < 1.29 is 37.0 Å². The zero-order chi connectivity index (χ0) is 25.6. The number of benzene rings is 1. The molecule has 4 amide bonds. The molecule has 188 valence electrons. The van der Waals surface area contributed by atoms with Crippen LogP contribution in [0.15, 0.2) is 36.5 Å².